The average Bonchev–Trinajstić information content (AvgIpc) is 3.32. The molecular formula is C17H23N5O3S3. The summed E-state index contributed by atoms with van der Waals surface area (Å²) in [5.41, 5.74) is 0.463. The number of hydrogen-bond acceptors (Lipinski definition) is 8. The van der Waals surface area contributed by atoms with E-state index >= 15 is 0 Å². The molecule has 2 N–H and O–H groups in total. The standard InChI is InChI=1S/C17H23N5O3S3/c1-12(2)18-16-20-21-17(27-16)26-11-15(23)19-13-6-5-7-14(10-13)28(24,25)22-8-3-4-9-22/h5-7,10,12H,3-4,8-9,11H2,1-2H3,(H,18,20)(H,19,23). The first-order valence-electron chi connectivity index (χ1n) is 8.97. The lowest BCUT2D eigenvalue weighted by Gasteiger charge is -2.16. The Morgan fingerprint density at radius 2 is 2.04 bits per heavy atom. The van der Waals surface area contributed by atoms with Gasteiger partial charge in [-0.15, -0.1) is 10.2 Å². The van der Waals surface area contributed by atoms with Crippen LogP contribution in [0.3, 0.4) is 0 Å². The third-order valence-corrected chi connectivity index (χ3v) is 7.85. The Kier molecular flexibility index (Phi) is 6.91. The van der Waals surface area contributed by atoms with Crippen LogP contribution in [0.2, 0.25) is 0 Å². The van der Waals surface area contributed by atoms with Crippen LogP contribution in [0.15, 0.2) is 33.5 Å². The van der Waals surface area contributed by atoms with Gasteiger partial charge < -0.3 is 10.6 Å². The first kappa shape index (κ1) is 21.0. The van der Waals surface area contributed by atoms with Gasteiger partial charge in [0, 0.05) is 24.8 Å². The van der Waals surface area contributed by atoms with Gasteiger partial charge in [-0.1, -0.05) is 29.2 Å². The molecule has 2 heterocycles. The molecule has 0 aliphatic carbocycles. The fourth-order valence-electron chi connectivity index (χ4n) is 2.71. The molecule has 0 saturated carbocycles. The zero-order chi connectivity index (χ0) is 20.1. The molecule has 0 unspecified atom stereocenters. The number of hydrogen-bond donors (Lipinski definition) is 2. The topological polar surface area (TPSA) is 104 Å². The molecular weight excluding hydrogens is 418 g/mol. The number of nitrogens with zero attached hydrogens (tertiary/aromatic N) is 3. The van der Waals surface area contributed by atoms with E-state index in [0.29, 0.717) is 23.1 Å². The van der Waals surface area contributed by atoms with E-state index in [4.69, 9.17) is 0 Å². The van der Waals surface area contributed by atoms with Crippen LogP contribution >= 0.6 is 23.1 Å². The normalized spacial score (nSPS) is 15.1. The lowest BCUT2D eigenvalue weighted by Crippen LogP contribution is -2.28. The van der Waals surface area contributed by atoms with E-state index in [1.807, 2.05) is 13.8 Å². The quantitative estimate of drug-likeness (QED) is 0.607. The van der Waals surface area contributed by atoms with Crippen LogP contribution in [0.25, 0.3) is 0 Å². The van der Waals surface area contributed by atoms with Gasteiger partial charge in [0.2, 0.25) is 21.1 Å². The highest BCUT2D eigenvalue weighted by atomic mass is 32.2. The van der Waals surface area contributed by atoms with E-state index in [0.717, 1.165) is 18.0 Å². The van der Waals surface area contributed by atoms with Crippen LogP contribution in [0.4, 0.5) is 10.8 Å². The molecule has 2 aromatic rings. The van der Waals surface area contributed by atoms with Crippen LogP contribution in [0.1, 0.15) is 26.7 Å². The van der Waals surface area contributed by atoms with Crippen LogP contribution in [0.5, 0.6) is 0 Å². The molecule has 152 valence electrons. The summed E-state index contributed by atoms with van der Waals surface area (Å²) in [6, 6.07) is 6.65. The fraction of sp³-hybridized carbons (Fsp3) is 0.471. The second-order valence-electron chi connectivity index (χ2n) is 6.65. The first-order valence-corrected chi connectivity index (χ1v) is 12.2. The third-order valence-electron chi connectivity index (χ3n) is 3.97. The fourth-order valence-corrected chi connectivity index (χ4v) is 5.97. The lowest BCUT2D eigenvalue weighted by molar-refractivity contribution is -0.113. The summed E-state index contributed by atoms with van der Waals surface area (Å²) in [6.07, 6.45) is 1.76. The second-order valence-corrected chi connectivity index (χ2v) is 10.8. The van der Waals surface area contributed by atoms with Crippen molar-refractivity contribution in [3.8, 4) is 0 Å². The highest BCUT2D eigenvalue weighted by Crippen LogP contribution is 2.26. The summed E-state index contributed by atoms with van der Waals surface area (Å²) in [5.74, 6) is -0.0614. The van der Waals surface area contributed by atoms with E-state index in [9.17, 15) is 13.2 Å². The maximum atomic E-state index is 12.7. The highest BCUT2D eigenvalue weighted by molar-refractivity contribution is 8.01. The summed E-state index contributed by atoms with van der Waals surface area (Å²) >= 11 is 2.69. The van der Waals surface area contributed by atoms with E-state index in [2.05, 4.69) is 20.8 Å². The van der Waals surface area contributed by atoms with Crippen LogP contribution in [-0.2, 0) is 14.8 Å². The molecule has 28 heavy (non-hydrogen) atoms. The molecule has 1 aliphatic rings. The number of carbonyl (C=O) groups excluding carboxylic acids is 1. The maximum Gasteiger partial charge on any atom is 0.243 e. The predicted molar refractivity (Wildman–Crippen MR) is 112 cm³/mol. The second kappa shape index (κ2) is 9.21. The minimum Gasteiger partial charge on any atom is -0.358 e. The number of amides is 1. The van der Waals surface area contributed by atoms with Crippen molar-refractivity contribution in [2.24, 2.45) is 0 Å². The number of sulfonamides is 1. The van der Waals surface area contributed by atoms with Crippen molar-refractivity contribution in [3.05, 3.63) is 24.3 Å². The largest absolute Gasteiger partial charge is 0.358 e. The predicted octanol–water partition coefficient (Wildman–Crippen LogP) is 2.87. The van der Waals surface area contributed by atoms with Crippen LogP contribution in [0, 0.1) is 0 Å². The Morgan fingerprint density at radius 3 is 2.75 bits per heavy atom. The van der Waals surface area contributed by atoms with Gasteiger partial charge in [-0.05, 0) is 44.9 Å². The Labute approximate surface area is 173 Å². The molecule has 1 fully saturated rings. The van der Waals surface area contributed by atoms with Gasteiger partial charge in [-0.2, -0.15) is 4.31 Å². The average molecular weight is 442 g/mol. The van der Waals surface area contributed by atoms with E-state index in [1.165, 1.54) is 33.5 Å². The minimum atomic E-state index is -3.51. The molecule has 3 rings (SSSR count). The molecule has 0 bridgehead atoms. The molecule has 1 aromatic carbocycles. The lowest BCUT2D eigenvalue weighted by atomic mass is 10.3. The number of thioether (sulfide) groups is 1. The van der Waals surface area contributed by atoms with E-state index in [1.54, 1.807) is 18.2 Å². The monoisotopic (exact) mass is 441 g/mol. The number of carbonyl (C=O) groups is 1. The van der Waals surface area contributed by atoms with Crippen molar-refractivity contribution >= 4 is 49.8 Å². The molecule has 8 nitrogen and oxygen atoms in total. The first-order chi connectivity index (χ1) is 13.3. The van der Waals surface area contributed by atoms with Gasteiger partial charge in [0.25, 0.3) is 0 Å². The van der Waals surface area contributed by atoms with Crippen molar-refractivity contribution in [2.75, 3.05) is 29.5 Å². The number of anilines is 2. The summed E-state index contributed by atoms with van der Waals surface area (Å²) < 4.78 is 27.5. The van der Waals surface area contributed by atoms with Gasteiger partial charge in [0.05, 0.1) is 10.6 Å². The third kappa shape index (κ3) is 5.43. The SMILES string of the molecule is CC(C)Nc1nnc(SCC(=O)Nc2cccc(S(=O)(=O)N3CCCC3)c2)s1. The Bertz CT molecular complexity index is 924. The van der Waals surface area contributed by atoms with Gasteiger partial charge in [0.15, 0.2) is 4.34 Å². The minimum absolute atomic E-state index is 0.166. The molecule has 1 saturated heterocycles. The molecule has 11 heteroatoms. The molecule has 1 amide bonds. The van der Waals surface area contributed by atoms with Crippen LogP contribution in [-0.4, -0.2) is 53.7 Å². The van der Waals surface area contributed by atoms with Crippen molar-refractivity contribution in [3.63, 3.8) is 0 Å². The van der Waals surface area contributed by atoms with E-state index < -0.39 is 10.0 Å². The van der Waals surface area contributed by atoms with Crippen molar-refractivity contribution in [2.45, 2.75) is 42.0 Å². The molecule has 0 radical (unpaired) electrons. The molecule has 0 spiro atoms. The van der Waals surface area contributed by atoms with Crippen molar-refractivity contribution in [1.29, 1.82) is 0 Å². The van der Waals surface area contributed by atoms with Crippen LogP contribution < -0.4 is 10.6 Å². The van der Waals surface area contributed by atoms with Gasteiger partial charge in [-0.25, -0.2) is 8.42 Å². The maximum absolute atomic E-state index is 12.7. The van der Waals surface area contributed by atoms with Gasteiger partial charge >= 0.3 is 0 Å². The van der Waals surface area contributed by atoms with Gasteiger partial charge in [0.1, 0.15) is 0 Å². The zero-order valence-corrected chi connectivity index (χ0v) is 18.2. The number of benzene rings is 1. The smallest absolute Gasteiger partial charge is 0.243 e. The summed E-state index contributed by atoms with van der Waals surface area (Å²) in [7, 11) is -3.51. The highest BCUT2D eigenvalue weighted by Gasteiger charge is 2.27. The molecule has 1 aromatic heterocycles. The number of nitrogens with one attached hydrogen (secondary N) is 2. The van der Waals surface area contributed by atoms with Crippen molar-refractivity contribution < 1.29 is 13.2 Å². The number of rotatable bonds is 8. The molecule has 1 aliphatic heterocycles. The Hall–Kier alpha value is -1.69. The zero-order valence-electron chi connectivity index (χ0n) is 15.7. The van der Waals surface area contributed by atoms with Gasteiger partial charge in [-0.3, -0.25) is 4.79 Å². The van der Waals surface area contributed by atoms with E-state index in [-0.39, 0.29) is 22.6 Å². The number of aromatic nitrogens is 2. The Morgan fingerprint density at radius 1 is 1.29 bits per heavy atom. The van der Waals surface area contributed by atoms with Crippen molar-refractivity contribution in [1.82, 2.24) is 14.5 Å². The Balaban J connectivity index is 1.58. The molecule has 0 atom stereocenters. The summed E-state index contributed by atoms with van der Waals surface area (Å²) in [6.45, 7) is 5.12. The summed E-state index contributed by atoms with van der Waals surface area (Å²) in [4.78, 5) is 12.4. The summed E-state index contributed by atoms with van der Waals surface area (Å²) in [5, 5.41) is 14.7.